The molecule has 1 fully saturated rings. The Hall–Kier alpha value is -1.59. The lowest BCUT2D eigenvalue weighted by atomic mass is 10.1. The van der Waals surface area contributed by atoms with Gasteiger partial charge in [-0.2, -0.15) is 0 Å². The number of rotatable bonds is 6. The molecule has 3 rings (SSSR count). The van der Waals surface area contributed by atoms with Crippen molar-refractivity contribution in [2.24, 2.45) is 0 Å². The first-order valence-electron chi connectivity index (χ1n) is 8.72. The monoisotopic (exact) mass is 392 g/mol. The predicted molar refractivity (Wildman–Crippen MR) is 105 cm³/mol. The molecule has 1 saturated heterocycles. The van der Waals surface area contributed by atoms with Crippen LogP contribution in [-0.2, 0) is 13.0 Å². The SMILES string of the molecule is O=C(O)c1cccc(CN2CCN(CCc3ccc(Cl)c(Cl)c3)CC2)c1. The van der Waals surface area contributed by atoms with E-state index in [-0.39, 0.29) is 0 Å². The van der Waals surface area contributed by atoms with Crippen LogP contribution in [0.5, 0.6) is 0 Å². The highest BCUT2D eigenvalue weighted by molar-refractivity contribution is 6.42. The Morgan fingerprint density at radius 3 is 2.35 bits per heavy atom. The summed E-state index contributed by atoms with van der Waals surface area (Å²) >= 11 is 12.0. The minimum atomic E-state index is -0.876. The molecule has 0 spiro atoms. The van der Waals surface area contributed by atoms with Crippen LogP contribution in [0.4, 0.5) is 0 Å². The summed E-state index contributed by atoms with van der Waals surface area (Å²) in [7, 11) is 0. The van der Waals surface area contributed by atoms with Crippen molar-refractivity contribution >= 4 is 29.2 Å². The highest BCUT2D eigenvalue weighted by Crippen LogP contribution is 2.23. The zero-order chi connectivity index (χ0) is 18.5. The lowest BCUT2D eigenvalue weighted by Gasteiger charge is -2.34. The van der Waals surface area contributed by atoms with Crippen LogP contribution in [0.2, 0.25) is 10.0 Å². The largest absolute Gasteiger partial charge is 0.478 e. The minimum absolute atomic E-state index is 0.350. The number of benzene rings is 2. The molecule has 0 atom stereocenters. The molecular weight excluding hydrogens is 371 g/mol. The van der Waals surface area contributed by atoms with Crippen LogP contribution in [0.25, 0.3) is 0 Å². The summed E-state index contributed by atoms with van der Waals surface area (Å²) in [6.07, 6.45) is 0.956. The van der Waals surface area contributed by atoms with E-state index in [1.165, 1.54) is 5.56 Å². The fourth-order valence-corrected chi connectivity index (χ4v) is 3.53. The number of carbonyl (C=O) groups is 1. The van der Waals surface area contributed by atoms with Crippen LogP contribution in [0.1, 0.15) is 21.5 Å². The van der Waals surface area contributed by atoms with Crippen molar-refractivity contribution in [3.8, 4) is 0 Å². The summed E-state index contributed by atoms with van der Waals surface area (Å²) in [5.41, 5.74) is 2.60. The molecule has 1 aliphatic rings. The highest BCUT2D eigenvalue weighted by Gasteiger charge is 2.17. The average Bonchev–Trinajstić information content (AvgIpc) is 2.64. The number of hydrogen-bond acceptors (Lipinski definition) is 3. The fourth-order valence-electron chi connectivity index (χ4n) is 3.21. The maximum Gasteiger partial charge on any atom is 0.335 e. The van der Waals surface area contributed by atoms with Gasteiger partial charge in [-0.05, 0) is 41.8 Å². The van der Waals surface area contributed by atoms with Crippen LogP contribution in [-0.4, -0.2) is 53.6 Å². The quantitative estimate of drug-likeness (QED) is 0.804. The minimum Gasteiger partial charge on any atom is -0.478 e. The first-order chi connectivity index (χ1) is 12.5. The third-order valence-electron chi connectivity index (χ3n) is 4.75. The summed E-state index contributed by atoms with van der Waals surface area (Å²) in [6, 6.07) is 13.0. The Bertz CT molecular complexity index is 774. The lowest BCUT2D eigenvalue weighted by molar-refractivity contribution is 0.0696. The van der Waals surface area contributed by atoms with E-state index in [4.69, 9.17) is 28.3 Å². The standard InChI is InChI=1S/C20H22Cl2N2O2/c21-18-5-4-15(13-19(18)22)6-7-23-8-10-24(11-9-23)14-16-2-1-3-17(12-16)20(25)26/h1-5,12-13H,6-11,14H2,(H,25,26). The van der Waals surface area contributed by atoms with Crippen molar-refractivity contribution in [1.82, 2.24) is 9.80 Å². The van der Waals surface area contributed by atoms with E-state index in [9.17, 15) is 4.79 Å². The summed E-state index contributed by atoms with van der Waals surface area (Å²) in [6.45, 7) is 5.79. The molecule has 6 heteroatoms. The van der Waals surface area contributed by atoms with Crippen molar-refractivity contribution in [3.63, 3.8) is 0 Å². The molecule has 4 nitrogen and oxygen atoms in total. The Labute approximate surface area is 163 Å². The summed E-state index contributed by atoms with van der Waals surface area (Å²) in [5, 5.41) is 10.3. The van der Waals surface area contributed by atoms with Gasteiger partial charge in [0.25, 0.3) is 0 Å². The number of carboxylic acid groups (broad SMARTS) is 1. The topological polar surface area (TPSA) is 43.8 Å². The van der Waals surface area contributed by atoms with Gasteiger partial charge in [0.15, 0.2) is 0 Å². The Balaban J connectivity index is 1.46. The first-order valence-corrected chi connectivity index (χ1v) is 9.48. The molecule has 2 aromatic rings. The van der Waals surface area contributed by atoms with Gasteiger partial charge in [-0.25, -0.2) is 4.79 Å². The molecule has 26 heavy (non-hydrogen) atoms. The van der Waals surface area contributed by atoms with Gasteiger partial charge in [0.1, 0.15) is 0 Å². The van der Waals surface area contributed by atoms with Gasteiger partial charge in [-0.1, -0.05) is 41.4 Å². The van der Waals surface area contributed by atoms with Gasteiger partial charge in [0.2, 0.25) is 0 Å². The van der Waals surface area contributed by atoms with Crippen LogP contribution in [0, 0.1) is 0 Å². The van der Waals surface area contributed by atoms with E-state index in [0.717, 1.165) is 51.3 Å². The Kier molecular flexibility index (Phi) is 6.54. The maximum atomic E-state index is 11.1. The van der Waals surface area contributed by atoms with Crippen molar-refractivity contribution in [3.05, 3.63) is 69.2 Å². The van der Waals surface area contributed by atoms with Crippen LogP contribution in [0.15, 0.2) is 42.5 Å². The second-order valence-corrected chi connectivity index (χ2v) is 7.44. The first kappa shape index (κ1) is 19.2. The van der Waals surface area contributed by atoms with Gasteiger partial charge in [-0.15, -0.1) is 0 Å². The molecule has 1 heterocycles. The number of hydrogen-bond donors (Lipinski definition) is 1. The molecule has 2 aromatic carbocycles. The van der Waals surface area contributed by atoms with Crippen molar-refractivity contribution in [2.45, 2.75) is 13.0 Å². The number of nitrogens with zero attached hydrogens (tertiary/aromatic N) is 2. The van der Waals surface area contributed by atoms with Gasteiger partial charge >= 0.3 is 5.97 Å². The van der Waals surface area contributed by atoms with Crippen LogP contribution in [0.3, 0.4) is 0 Å². The third-order valence-corrected chi connectivity index (χ3v) is 5.48. The molecule has 1 aliphatic heterocycles. The normalized spacial score (nSPS) is 15.9. The molecule has 0 bridgehead atoms. The molecule has 138 valence electrons. The van der Waals surface area contributed by atoms with E-state index in [2.05, 4.69) is 9.80 Å². The number of halogens is 2. The van der Waals surface area contributed by atoms with Gasteiger partial charge < -0.3 is 10.0 Å². The molecule has 0 amide bonds. The smallest absolute Gasteiger partial charge is 0.335 e. The predicted octanol–water partition coefficient (Wildman–Crippen LogP) is 4.05. The van der Waals surface area contributed by atoms with Gasteiger partial charge in [0, 0.05) is 39.3 Å². The van der Waals surface area contributed by atoms with Crippen molar-refractivity contribution < 1.29 is 9.90 Å². The van der Waals surface area contributed by atoms with Crippen molar-refractivity contribution in [1.29, 1.82) is 0 Å². The lowest BCUT2D eigenvalue weighted by Crippen LogP contribution is -2.46. The van der Waals surface area contributed by atoms with E-state index in [1.807, 2.05) is 30.3 Å². The molecule has 0 aliphatic carbocycles. The van der Waals surface area contributed by atoms with E-state index < -0.39 is 5.97 Å². The van der Waals surface area contributed by atoms with E-state index in [1.54, 1.807) is 12.1 Å². The summed E-state index contributed by atoms with van der Waals surface area (Å²) in [4.78, 5) is 15.9. The number of aromatic carboxylic acids is 1. The van der Waals surface area contributed by atoms with Crippen molar-refractivity contribution in [2.75, 3.05) is 32.7 Å². The fraction of sp³-hybridized carbons (Fsp3) is 0.350. The van der Waals surface area contributed by atoms with Crippen LogP contribution >= 0.6 is 23.2 Å². The average molecular weight is 393 g/mol. The second-order valence-electron chi connectivity index (χ2n) is 6.62. The summed E-state index contributed by atoms with van der Waals surface area (Å²) in [5.74, 6) is -0.876. The molecule has 1 N–H and O–H groups in total. The van der Waals surface area contributed by atoms with Gasteiger partial charge in [-0.3, -0.25) is 4.90 Å². The zero-order valence-corrected chi connectivity index (χ0v) is 16.0. The maximum absolute atomic E-state index is 11.1. The molecule has 0 saturated carbocycles. The molecule has 0 unspecified atom stereocenters. The summed E-state index contributed by atoms with van der Waals surface area (Å²) < 4.78 is 0. The van der Waals surface area contributed by atoms with Crippen LogP contribution < -0.4 is 0 Å². The second kappa shape index (κ2) is 8.87. The molecular formula is C20H22Cl2N2O2. The third kappa shape index (κ3) is 5.21. The molecule has 0 radical (unpaired) electrons. The Morgan fingerprint density at radius 1 is 0.923 bits per heavy atom. The van der Waals surface area contributed by atoms with E-state index >= 15 is 0 Å². The number of carboxylic acids is 1. The van der Waals surface area contributed by atoms with E-state index in [0.29, 0.717) is 15.6 Å². The zero-order valence-electron chi connectivity index (χ0n) is 14.5. The highest BCUT2D eigenvalue weighted by atomic mass is 35.5. The Morgan fingerprint density at radius 2 is 1.65 bits per heavy atom. The molecule has 0 aromatic heterocycles. The van der Waals surface area contributed by atoms with Gasteiger partial charge in [0.05, 0.1) is 15.6 Å². The number of piperazine rings is 1.